The lowest BCUT2D eigenvalue weighted by Gasteiger charge is -2.05. The molecular formula is C18H15Cl2N3O5S2. The molecule has 0 spiro atoms. The number of amides is 1. The van der Waals surface area contributed by atoms with E-state index in [1.807, 2.05) is 0 Å². The highest BCUT2D eigenvalue weighted by molar-refractivity contribution is 7.89. The van der Waals surface area contributed by atoms with E-state index >= 15 is 0 Å². The summed E-state index contributed by atoms with van der Waals surface area (Å²) < 4.78 is 30.2. The van der Waals surface area contributed by atoms with E-state index in [-0.39, 0.29) is 38.5 Å². The van der Waals surface area contributed by atoms with Gasteiger partial charge in [0.05, 0.1) is 21.7 Å². The topological polar surface area (TPSA) is 121 Å². The third-order valence-corrected chi connectivity index (χ3v) is 6.27. The molecule has 0 saturated carbocycles. The Bertz CT molecular complexity index is 1310. The van der Waals surface area contributed by atoms with E-state index < -0.39 is 21.9 Å². The second-order valence-electron chi connectivity index (χ2n) is 6.03. The molecule has 30 heavy (non-hydrogen) atoms. The molecule has 1 heterocycles. The lowest BCUT2D eigenvalue weighted by atomic mass is 10.2. The highest BCUT2D eigenvalue weighted by Gasteiger charge is 2.16. The standard InChI is InChI=1S/C18H15Cl2N3O5S2/c1-2-28-16(24)9-23-14-4-3-13(30(21,26)27)8-15(14)29-18(23)22-17(25)10-5-11(19)7-12(20)6-10/h3-8H,2,9H2,1H3,(H2,21,26,27). The van der Waals surface area contributed by atoms with Crippen molar-refractivity contribution in [2.45, 2.75) is 18.4 Å². The average Bonchev–Trinajstić information content (AvgIpc) is 2.96. The lowest BCUT2D eigenvalue weighted by Crippen LogP contribution is -2.23. The van der Waals surface area contributed by atoms with Crippen molar-refractivity contribution in [3.05, 3.63) is 56.8 Å². The molecule has 1 aromatic heterocycles. The SMILES string of the molecule is CCOC(=O)Cn1c(=NC(=O)c2cc(Cl)cc(Cl)c2)sc2cc(S(N)(=O)=O)ccc21. The summed E-state index contributed by atoms with van der Waals surface area (Å²) in [7, 11) is -3.93. The fourth-order valence-electron chi connectivity index (χ4n) is 2.63. The quantitative estimate of drug-likeness (QED) is 0.554. The summed E-state index contributed by atoms with van der Waals surface area (Å²) in [5.41, 5.74) is 0.661. The number of fused-ring (bicyclic) bond motifs is 1. The number of hydrogen-bond donors (Lipinski definition) is 1. The average molecular weight is 488 g/mol. The predicted molar refractivity (Wildman–Crippen MR) is 114 cm³/mol. The predicted octanol–water partition coefficient (Wildman–Crippen LogP) is 2.96. The van der Waals surface area contributed by atoms with E-state index in [2.05, 4.69) is 4.99 Å². The molecule has 2 N–H and O–H groups in total. The molecule has 0 atom stereocenters. The molecule has 0 aliphatic heterocycles. The second-order valence-corrected chi connectivity index (χ2v) is 9.47. The maximum absolute atomic E-state index is 12.7. The Morgan fingerprint density at radius 3 is 2.43 bits per heavy atom. The Morgan fingerprint density at radius 2 is 1.83 bits per heavy atom. The Labute approximate surface area is 185 Å². The van der Waals surface area contributed by atoms with Crippen LogP contribution in [0, 0.1) is 0 Å². The molecule has 0 fully saturated rings. The first-order valence-electron chi connectivity index (χ1n) is 8.45. The van der Waals surface area contributed by atoms with Crippen molar-refractivity contribution in [3.63, 3.8) is 0 Å². The number of sulfonamides is 1. The van der Waals surface area contributed by atoms with E-state index in [9.17, 15) is 18.0 Å². The monoisotopic (exact) mass is 487 g/mol. The number of rotatable bonds is 5. The van der Waals surface area contributed by atoms with Crippen LogP contribution in [0.15, 0.2) is 46.3 Å². The minimum Gasteiger partial charge on any atom is -0.465 e. The Hall–Kier alpha value is -2.24. The highest BCUT2D eigenvalue weighted by atomic mass is 35.5. The Kier molecular flexibility index (Phi) is 6.63. The van der Waals surface area contributed by atoms with Crippen molar-refractivity contribution in [2.75, 3.05) is 6.61 Å². The number of nitrogens with zero attached hydrogens (tertiary/aromatic N) is 2. The number of benzene rings is 2. The zero-order valence-corrected chi connectivity index (χ0v) is 18.6. The number of carbonyl (C=O) groups excluding carboxylic acids is 2. The van der Waals surface area contributed by atoms with E-state index in [0.29, 0.717) is 10.2 Å². The first kappa shape index (κ1) is 22.4. The number of nitrogens with two attached hydrogens (primary N) is 1. The number of carbonyl (C=O) groups is 2. The van der Waals surface area contributed by atoms with Crippen LogP contribution < -0.4 is 9.94 Å². The molecule has 0 unspecified atom stereocenters. The first-order chi connectivity index (χ1) is 14.1. The van der Waals surface area contributed by atoms with Gasteiger partial charge in [0.1, 0.15) is 6.54 Å². The van der Waals surface area contributed by atoms with Gasteiger partial charge < -0.3 is 9.30 Å². The molecule has 1 amide bonds. The summed E-state index contributed by atoms with van der Waals surface area (Å²) in [6, 6.07) is 8.48. The summed E-state index contributed by atoms with van der Waals surface area (Å²) in [4.78, 5) is 28.9. The van der Waals surface area contributed by atoms with E-state index in [1.54, 1.807) is 6.92 Å². The van der Waals surface area contributed by atoms with Gasteiger partial charge in [0.2, 0.25) is 10.0 Å². The Balaban J connectivity index is 2.18. The zero-order chi connectivity index (χ0) is 22.1. The molecule has 2 aromatic carbocycles. The molecule has 0 saturated heterocycles. The van der Waals surface area contributed by atoms with Crippen LogP contribution in [0.1, 0.15) is 17.3 Å². The number of ether oxygens (including phenoxy) is 1. The second kappa shape index (κ2) is 8.86. The fraction of sp³-hybridized carbons (Fsp3) is 0.167. The van der Waals surface area contributed by atoms with Crippen molar-refractivity contribution in [1.82, 2.24) is 4.57 Å². The van der Waals surface area contributed by atoms with Crippen molar-refractivity contribution >= 4 is 66.7 Å². The van der Waals surface area contributed by atoms with Crippen LogP contribution in [0.25, 0.3) is 10.2 Å². The largest absolute Gasteiger partial charge is 0.465 e. The minimum absolute atomic E-state index is 0.0981. The number of esters is 1. The van der Waals surface area contributed by atoms with Crippen LogP contribution in [-0.2, 0) is 26.1 Å². The van der Waals surface area contributed by atoms with Crippen molar-refractivity contribution in [1.29, 1.82) is 0 Å². The maximum atomic E-state index is 12.7. The van der Waals surface area contributed by atoms with Gasteiger partial charge in [0, 0.05) is 15.6 Å². The smallest absolute Gasteiger partial charge is 0.326 e. The molecule has 0 aliphatic rings. The van der Waals surface area contributed by atoms with Gasteiger partial charge in [0.25, 0.3) is 5.91 Å². The van der Waals surface area contributed by atoms with Gasteiger partial charge in [-0.05, 0) is 43.3 Å². The number of halogens is 2. The van der Waals surface area contributed by atoms with Gasteiger partial charge in [-0.3, -0.25) is 9.59 Å². The fourth-order valence-corrected chi connectivity index (χ4v) is 4.84. The van der Waals surface area contributed by atoms with Crippen LogP contribution in [0.4, 0.5) is 0 Å². The van der Waals surface area contributed by atoms with Crippen LogP contribution in [0.2, 0.25) is 10.0 Å². The first-order valence-corrected chi connectivity index (χ1v) is 11.6. The van der Waals surface area contributed by atoms with Crippen molar-refractivity contribution < 1.29 is 22.7 Å². The molecule has 0 aliphatic carbocycles. The number of aromatic nitrogens is 1. The highest BCUT2D eigenvalue weighted by Crippen LogP contribution is 2.22. The third-order valence-electron chi connectivity index (χ3n) is 3.88. The minimum atomic E-state index is -3.93. The molecule has 0 bridgehead atoms. The lowest BCUT2D eigenvalue weighted by molar-refractivity contribution is -0.143. The van der Waals surface area contributed by atoms with E-state index in [0.717, 1.165) is 11.3 Å². The number of hydrogen-bond acceptors (Lipinski definition) is 6. The molecule has 12 heteroatoms. The van der Waals surface area contributed by atoms with Crippen LogP contribution >= 0.6 is 34.5 Å². The molecule has 8 nitrogen and oxygen atoms in total. The van der Waals surface area contributed by atoms with Gasteiger partial charge >= 0.3 is 5.97 Å². The van der Waals surface area contributed by atoms with Crippen LogP contribution in [-0.4, -0.2) is 31.5 Å². The molecule has 3 aromatic rings. The molecule has 3 rings (SSSR count). The summed E-state index contributed by atoms with van der Waals surface area (Å²) in [5.74, 6) is -1.16. The van der Waals surface area contributed by atoms with Gasteiger partial charge in [-0.25, -0.2) is 13.6 Å². The molecular weight excluding hydrogens is 473 g/mol. The van der Waals surface area contributed by atoms with Crippen molar-refractivity contribution in [3.8, 4) is 0 Å². The summed E-state index contributed by atoms with van der Waals surface area (Å²) >= 11 is 12.9. The van der Waals surface area contributed by atoms with Gasteiger partial charge in [-0.15, -0.1) is 0 Å². The van der Waals surface area contributed by atoms with E-state index in [1.165, 1.54) is 41.0 Å². The molecule has 158 valence electrons. The van der Waals surface area contributed by atoms with Crippen LogP contribution in [0.5, 0.6) is 0 Å². The van der Waals surface area contributed by atoms with Gasteiger partial charge in [-0.2, -0.15) is 4.99 Å². The van der Waals surface area contributed by atoms with Gasteiger partial charge in [-0.1, -0.05) is 34.5 Å². The number of thiazole rings is 1. The normalized spacial score (nSPS) is 12.3. The zero-order valence-electron chi connectivity index (χ0n) is 15.5. The maximum Gasteiger partial charge on any atom is 0.326 e. The third kappa shape index (κ3) is 5.08. The summed E-state index contributed by atoms with van der Waals surface area (Å²) in [6.45, 7) is 1.64. The van der Waals surface area contributed by atoms with Gasteiger partial charge in [0.15, 0.2) is 4.80 Å². The van der Waals surface area contributed by atoms with E-state index in [4.69, 9.17) is 33.1 Å². The van der Waals surface area contributed by atoms with Crippen LogP contribution in [0.3, 0.4) is 0 Å². The van der Waals surface area contributed by atoms with Crippen molar-refractivity contribution in [2.24, 2.45) is 10.1 Å². The Morgan fingerprint density at radius 1 is 1.17 bits per heavy atom. The summed E-state index contributed by atoms with van der Waals surface area (Å²) in [6.07, 6.45) is 0. The molecule has 0 radical (unpaired) electrons. The summed E-state index contributed by atoms with van der Waals surface area (Å²) in [5, 5.41) is 5.74. The number of primary sulfonamides is 1.